The van der Waals surface area contributed by atoms with E-state index in [1.165, 1.54) is 50.6 Å². The third-order valence-corrected chi connectivity index (χ3v) is 10.5. The van der Waals surface area contributed by atoms with Gasteiger partial charge in [0.15, 0.2) is 10.2 Å². The highest BCUT2D eigenvalue weighted by Gasteiger charge is 2.39. The smallest absolute Gasteiger partial charge is 0.275 e. The van der Waals surface area contributed by atoms with E-state index in [4.69, 9.17) is 0 Å². The summed E-state index contributed by atoms with van der Waals surface area (Å²) in [5.41, 5.74) is 13.9. The molecule has 0 heterocycles. The van der Waals surface area contributed by atoms with Crippen molar-refractivity contribution in [1.29, 1.82) is 0 Å². The lowest BCUT2D eigenvalue weighted by molar-refractivity contribution is 0.487. The summed E-state index contributed by atoms with van der Waals surface area (Å²) in [4.78, 5) is -0.633. The Bertz CT molecular complexity index is 2020. The van der Waals surface area contributed by atoms with Crippen LogP contribution in [-0.2, 0) is 33.1 Å². The van der Waals surface area contributed by atoms with Gasteiger partial charge in [-0.25, -0.2) is 0 Å². The maximum atomic E-state index is 12.7. The minimum Gasteiger partial charge on any atom is -0.275 e. The second-order valence-corrected chi connectivity index (χ2v) is 15.3. The third-order valence-electron chi connectivity index (χ3n) is 8.73. The van der Waals surface area contributed by atoms with Crippen LogP contribution in [0.15, 0.2) is 102 Å². The fourth-order valence-corrected chi connectivity index (χ4v) is 7.83. The van der Waals surface area contributed by atoms with Gasteiger partial charge in [-0.15, -0.1) is 0 Å². The standard InChI is InChI=1S/C39H38O6S2/c1-24-17-26(3)36(27(4)18-24)21-30-7-11-32(12-8-30)39(35-16-15-34(46(40,41)42)23-38(35)47(43,44)45)33-13-9-31(10-14-33)22-37-28(5)19-25(2)20-29(37)6/h7-20,23H,21-22H2,1-6H3,(H-,40,41,42,43,44,45)/p+1. The van der Waals surface area contributed by atoms with Crippen LogP contribution in [0.3, 0.4) is 0 Å². The van der Waals surface area contributed by atoms with E-state index in [1.54, 1.807) is 0 Å². The fraction of sp³-hybridized carbons (Fsp3) is 0.205. The molecule has 5 rings (SSSR count). The first-order valence-corrected chi connectivity index (χ1v) is 18.2. The molecule has 8 heteroatoms. The van der Waals surface area contributed by atoms with Crippen molar-refractivity contribution in [1.82, 2.24) is 0 Å². The number of aryl methyl sites for hydroxylation is 6. The maximum Gasteiger partial charge on any atom is 0.331 e. The first-order chi connectivity index (χ1) is 22.0. The van der Waals surface area contributed by atoms with Crippen molar-refractivity contribution < 1.29 is 25.9 Å². The van der Waals surface area contributed by atoms with Gasteiger partial charge in [0, 0.05) is 23.3 Å². The average Bonchev–Trinajstić information content (AvgIpc) is 2.97. The van der Waals surface area contributed by atoms with E-state index in [-0.39, 0.29) is 5.57 Å². The van der Waals surface area contributed by atoms with E-state index >= 15 is 0 Å². The molecule has 0 unspecified atom stereocenters. The molecule has 0 amide bonds. The van der Waals surface area contributed by atoms with Gasteiger partial charge in [-0.2, -0.15) is 16.8 Å². The van der Waals surface area contributed by atoms with Crippen molar-refractivity contribution in [2.24, 2.45) is 0 Å². The second kappa shape index (κ2) is 13.1. The van der Waals surface area contributed by atoms with Gasteiger partial charge in [-0.1, -0.05) is 59.7 Å². The summed E-state index contributed by atoms with van der Waals surface area (Å²) in [5.74, 6) is 0. The van der Waals surface area contributed by atoms with Crippen molar-refractivity contribution in [2.75, 3.05) is 0 Å². The zero-order valence-corrected chi connectivity index (χ0v) is 29.1. The van der Waals surface area contributed by atoms with Crippen LogP contribution in [0.5, 0.6) is 0 Å². The SMILES string of the molecule is Cc1cc(C)c(Cc2ccc(C(=C3C=CC(S(=O)(=O)O)=C[C+]3S(=O)(=O)O)c3ccc(Cc4c(C)cc(C)cc4C)cc3)cc2)c(C)c1. The Morgan fingerprint density at radius 2 is 0.979 bits per heavy atom. The molecule has 0 radical (unpaired) electrons. The molecule has 0 aromatic heterocycles. The number of benzene rings is 4. The zero-order chi connectivity index (χ0) is 34.3. The average molecular weight is 668 g/mol. The summed E-state index contributed by atoms with van der Waals surface area (Å²) >= 11 is 0. The molecule has 0 atom stereocenters. The number of allylic oxidation sites excluding steroid dienone is 2. The minimum atomic E-state index is -4.90. The lowest BCUT2D eigenvalue weighted by Crippen LogP contribution is -2.17. The molecule has 1 aliphatic rings. The van der Waals surface area contributed by atoms with E-state index in [9.17, 15) is 25.9 Å². The number of hydrogen-bond donors (Lipinski definition) is 2. The normalized spacial score (nSPS) is 13.6. The van der Waals surface area contributed by atoms with Crippen molar-refractivity contribution in [3.05, 3.63) is 174 Å². The molecule has 242 valence electrons. The molecule has 2 N–H and O–H groups in total. The van der Waals surface area contributed by atoms with Crippen LogP contribution in [0.25, 0.3) is 5.57 Å². The Morgan fingerprint density at radius 1 is 0.596 bits per heavy atom. The molecule has 0 aliphatic heterocycles. The Balaban J connectivity index is 1.61. The van der Waals surface area contributed by atoms with Crippen LogP contribution < -0.4 is 0 Å². The highest BCUT2D eigenvalue weighted by molar-refractivity contribution is 7.90. The van der Waals surface area contributed by atoms with Crippen LogP contribution in [-0.4, -0.2) is 25.9 Å². The second-order valence-electron chi connectivity index (χ2n) is 12.5. The van der Waals surface area contributed by atoms with Crippen molar-refractivity contribution in [3.8, 4) is 0 Å². The van der Waals surface area contributed by atoms with Crippen LogP contribution >= 0.6 is 0 Å². The zero-order valence-electron chi connectivity index (χ0n) is 27.4. The van der Waals surface area contributed by atoms with Gasteiger partial charge in [0.05, 0.1) is 11.6 Å². The van der Waals surface area contributed by atoms with Gasteiger partial charge >= 0.3 is 20.2 Å². The predicted molar refractivity (Wildman–Crippen MR) is 189 cm³/mol. The highest BCUT2D eigenvalue weighted by atomic mass is 32.2. The van der Waals surface area contributed by atoms with E-state index < -0.39 is 30.4 Å². The van der Waals surface area contributed by atoms with Gasteiger partial charge in [-0.05, 0) is 123 Å². The molecule has 6 nitrogen and oxygen atoms in total. The van der Waals surface area contributed by atoms with Gasteiger partial charge < -0.3 is 0 Å². The monoisotopic (exact) mass is 667 g/mol. The van der Waals surface area contributed by atoms with Crippen LogP contribution in [0.4, 0.5) is 0 Å². The van der Waals surface area contributed by atoms with Crippen molar-refractivity contribution in [3.63, 3.8) is 0 Å². The highest BCUT2D eigenvalue weighted by Crippen LogP contribution is 2.39. The Morgan fingerprint density at radius 3 is 1.32 bits per heavy atom. The fourth-order valence-electron chi connectivity index (χ4n) is 6.53. The molecule has 4 aromatic rings. The van der Waals surface area contributed by atoms with Crippen molar-refractivity contribution >= 4 is 25.8 Å². The van der Waals surface area contributed by atoms with Gasteiger partial charge in [0.1, 0.15) is 5.57 Å². The van der Waals surface area contributed by atoms with Crippen LogP contribution in [0.1, 0.15) is 66.8 Å². The molecule has 0 bridgehead atoms. The Kier molecular flexibility index (Phi) is 9.53. The molecule has 47 heavy (non-hydrogen) atoms. The lowest BCUT2D eigenvalue weighted by atomic mass is 9.87. The van der Waals surface area contributed by atoms with Crippen LogP contribution in [0, 0.1) is 46.8 Å². The molecular weight excluding hydrogens is 629 g/mol. The van der Waals surface area contributed by atoms with E-state index in [0.717, 1.165) is 36.1 Å². The molecule has 4 aromatic carbocycles. The van der Waals surface area contributed by atoms with E-state index in [1.807, 2.05) is 48.5 Å². The summed E-state index contributed by atoms with van der Waals surface area (Å²) in [6.07, 6.45) is 4.67. The molecule has 0 fully saturated rings. The quantitative estimate of drug-likeness (QED) is 0.145. The summed E-state index contributed by atoms with van der Waals surface area (Å²) in [6.45, 7) is 12.6. The van der Waals surface area contributed by atoms with Gasteiger partial charge in [-0.3, -0.25) is 9.11 Å². The Labute approximate surface area is 278 Å². The molecule has 0 saturated heterocycles. The first kappa shape index (κ1) is 34.1. The Hall–Kier alpha value is -4.21. The molecule has 1 aliphatic carbocycles. The number of hydrogen-bond acceptors (Lipinski definition) is 4. The van der Waals surface area contributed by atoms with Crippen molar-refractivity contribution in [2.45, 2.75) is 54.4 Å². The summed E-state index contributed by atoms with van der Waals surface area (Å²) in [5, 5.41) is -0.618. The van der Waals surface area contributed by atoms with E-state index in [2.05, 4.69) is 65.8 Å². The summed E-state index contributed by atoms with van der Waals surface area (Å²) in [6, 6.07) is 24.2. The number of rotatable bonds is 8. The van der Waals surface area contributed by atoms with E-state index in [0.29, 0.717) is 16.7 Å². The topological polar surface area (TPSA) is 109 Å². The first-order valence-electron chi connectivity index (χ1n) is 15.3. The maximum absolute atomic E-state index is 12.7. The summed E-state index contributed by atoms with van der Waals surface area (Å²) in [7, 11) is -9.63. The minimum absolute atomic E-state index is 0.107. The lowest BCUT2D eigenvalue weighted by Gasteiger charge is -2.16. The molecule has 0 spiro atoms. The predicted octanol–water partition coefficient (Wildman–Crippen LogP) is 8.28. The molecule has 0 saturated carbocycles. The largest absolute Gasteiger partial charge is 0.331 e. The van der Waals surface area contributed by atoms with Gasteiger partial charge in [0.25, 0.3) is 0 Å². The van der Waals surface area contributed by atoms with Crippen LogP contribution in [0.2, 0.25) is 0 Å². The summed E-state index contributed by atoms with van der Waals surface area (Å²) < 4.78 is 69.0. The molecular formula is C39H39O6S2+. The van der Waals surface area contributed by atoms with Gasteiger partial charge in [0.2, 0.25) is 0 Å². The third kappa shape index (κ3) is 7.68.